The zero-order chi connectivity index (χ0) is 21.7. The lowest BCUT2D eigenvalue weighted by Crippen LogP contribution is -2.60. The molecule has 160 valence electrons. The Morgan fingerprint density at radius 3 is 2.68 bits per heavy atom. The van der Waals surface area contributed by atoms with Crippen molar-refractivity contribution >= 4 is 17.5 Å². The van der Waals surface area contributed by atoms with Crippen LogP contribution in [0.3, 0.4) is 0 Å². The summed E-state index contributed by atoms with van der Waals surface area (Å²) in [6.45, 7) is 2.51. The van der Waals surface area contributed by atoms with Gasteiger partial charge in [0.2, 0.25) is 0 Å². The van der Waals surface area contributed by atoms with Crippen LogP contribution in [0.15, 0.2) is 73.1 Å². The molecule has 2 heterocycles. The molecule has 2 aromatic carbocycles. The van der Waals surface area contributed by atoms with E-state index in [9.17, 15) is 4.79 Å². The highest BCUT2D eigenvalue weighted by Gasteiger charge is 2.43. The molecule has 1 aromatic heterocycles. The molecule has 0 bridgehead atoms. The van der Waals surface area contributed by atoms with E-state index in [0.29, 0.717) is 19.6 Å². The van der Waals surface area contributed by atoms with E-state index in [-0.39, 0.29) is 5.91 Å². The third-order valence-electron chi connectivity index (χ3n) is 5.64. The third kappa shape index (κ3) is 5.13. The van der Waals surface area contributed by atoms with Crippen LogP contribution in [-0.2, 0) is 22.5 Å². The summed E-state index contributed by atoms with van der Waals surface area (Å²) in [6.07, 6.45) is 4.12. The number of nitrogens with one attached hydrogen (secondary N) is 1. The van der Waals surface area contributed by atoms with E-state index in [4.69, 9.17) is 16.3 Å². The van der Waals surface area contributed by atoms with E-state index in [2.05, 4.69) is 45.5 Å². The van der Waals surface area contributed by atoms with Crippen molar-refractivity contribution in [2.24, 2.45) is 0 Å². The van der Waals surface area contributed by atoms with Gasteiger partial charge in [-0.3, -0.25) is 14.7 Å². The fourth-order valence-electron chi connectivity index (χ4n) is 4.12. The number of carbonyl (C=O) groups is 1. The summed E-state index contributed by atoms with van der Waals surface area (Å²) < 4.78 is 6.14. The van der Waals surface area contributed by atoms with Gasteiger partial charge in [0.15, 0.2) is 5.60 Å². The molecular formula is C25H26ClN3O2. The number of aromatic nitrogens is 1. The summed E-state index contributed by atoms with van der Waals surface area (Å²) in [6, 6.07) is 20.1. The standard InChI is InChI=1S/C25H26ClN3O2/c1-27-24(30)25(15-19-7-9-21(10-8-19)22-5-3-11-28-16-22)18-29(12-13-31-25)17-20-4-2-6-23(26)14-20/h2-11,14,16H,12-13,15,17-18H2,1H3,(H,27,30). The number of likely N-dealkylation sites (N-methyl/N-ethyl adjacent to an activating group) is 1. The van der Waals surface area contributed by atoms with Crippen molar-refractivity contribution in [2.75, 3.05) is 26.7 Å². The SMILES string of the molecule is CNC(=O)C1(Cc2ccc(-c3cccnc3)cc2)CN(Cc2cccc(Cl)c2)CCO1. The number of hydrogen-bond acceptors (Lipinski definition) is 4. The van der Waals surface area contributed by atoms with E-state index in [1.807, 2.05) is 36.5 Å². The van der Waals surface area contributed by atoms with Crippen molar-refractivity contribution in [1.82, 2.24) is 15.2 Å². The number of carbonyl (C=O) groups excluding carboxylic acids is 1. The van der Waals surface area contributed by atoms with Crippen LogP contribution < -0.4 is 5.32 Å². The minimum Gasteiger partial charge on any atom is -0.362 e. The highest BCUT2D eigenvalue weighted by Crippen LogP contribution is 2.27. The molecule has 1 saturated heterocycles. The number of halogens is 1. The number of pyridine rings is 1. The summed E-state index contributed by atoms with van der Waals surface area (Å²) in [5, 5.41) is 3.53. The van der Waals surface area contributed by atoms with Gasteiger partial charge in [-0.05, 0) is 40.5 Å². The van der Waals surface area contributed by atoms with Crippen LogP contribution in [0.4, 0.5) is 0 Å². The maximum Gasteiger partial charge on any atom is 0.253 e. The summed E-state index contributed by atoms with van der Waals surface area (Å²) in [7, 11) is 1.66. The Balaban J connectivity index is 1.53. The first kappa shape index (κ1) is 21.5. The number of morpholine rings is 1. The summed E-state index contributed by atoms with van der Waals surface area (Å²) >= 11 is 6.14. The molecule has 0 aliphatic carbocycles. The molecule has 1 N–H and O–H groups in total. The van der Waals surface area contributed by atoms with E-state index in [1.54, 1.807) is 13.2 Å². The van der Waals surface area contributed by atoms with Crippen molar-refractivity contribution in [3.8, 4) is 11.1 Å². The van der Waals surface area contributed by atoms with Crippen LogP contribution >= 0.6 is 11.6 Å². The van der Waals surface area contributed by atoms with Crippen molar-refractivity contribution < 1.29 is 9.53 Å². The molecule has 3 aromatic rings. The van der Waals surface area contributed by atoms with E-state index >= 15 is 0 Å². The molecule has 1 aliphatic rings. The summed E-state index contributed by atoms with van der Waals surface area (Å²) in [5.74, 6) is -0.0976. The first-order valence-electron chi connectivity index (χ1n) is 10.4. The Bertz CT molecular complexity index is 1030. The Morgan fingerprint density at radius 2 is 1.97 bits per heavy atom. The van der Waals surface area contributed by atoms with E-state index < -0.39 is 5.60 Å². The number of nitrogens with zero attached hydrogens (tertiary/aromatic N) is 2. The zero-order valence-electron chi connectivity index (χ0n) is 17.6. The van der Waals surface area contributed by atoms with Gasteiger partial charge in [0.1, 0.15) is 0 Å². The number of ether oxygens (including phenoxy) is 1. The number of rotatable bonds is 6. The average Bonchev–Trinajstić information content (AvgIpc) is 2.80. The highest BCUT2D eigenvalue weighted by atomic mass is 35.5. The maximum atomic E-state index is 12.9. The second-order valence-corrected chi connectivity index (χ2v) is 8.31. The van der Waals surface area contributed by atoms with Gasteiger partial charge in [-0.2, -0.15) is 0 Å². The molecule has 0 spiro atoms. The molecule has 1 aliphatic heterocycles. The molecule has 1 unspecified atom stereocenters. The molecular weight excluding hydrogens is 410 g/mol. The van der Waals surface area contributed by atoms with Gasteiger partial charge >= 0.3 is 0 Å². The largest absolute Gasteiger partial charge is 0.362 e. The van der Waals surface area contributed by atoms with Gasteiger partial charge in [-0.25, -0.2) is 0 Å². The van der Waals surface area contributed by atoms with Gasteiger partial charge in [0.25, 0.3) is 5.91 Å². The second kappa shape index (κ2) is 9.60. The van der Waals surface area contributed by atoms with Crippen molar-refractivity contribution in [3.05, 3.63) is 89.2 Å². The number of benzene rings is 2. The normalized spacial score (nSPS) is 19.2. The lowest BCUT2D eigenvalue weighted by molar-refractivity contribution is -0.160. The number of hydrogen-bond donors (Lipinski definition) is 1. The van der Waals surface area contributed by atoms with E-state index in [1.165, 1.54) is 0 Å². The minimum absolute atomic E-state index is 0.0976. The Morgan fingerprint density at radius 1 is 1.13 bits per heavy atom. The van der Waals surface area contributed by atoms with Gasteiger partial charge in [-0.15, -0.1) is 0 Å². The zero-order valence-corrected chi connectivity index (χ0v) is 18.3. The third-order valence-corrected chi connectivity index (χ3v) is 5.87. The van der Waals surface area contributed by atoms with E-state index in [0.717, 1.165) is 40.4 Å². The van der Waals surface area contributed by atoms with Crippen LogP contribution in [-0.4, -0.2) is 48.1 Å². The molecule has 5 nitrogen and oxygen atoms in total. The van der Waals surface area contributed by atoms with Crippen LogP contribution in [0.5, 0.6) is 0 Å². The van der Waals surface area contributed by atoms with Crippen LogP contribution in [0.2, 0.25) is 5.02 Å². The molecule has 0 radical (unpaired) electrons. The monoisotopic (exact) mass is 435 g/mol. The molecule has 1 fully saturated rings. The lowest BCUT2D eigenvalue weighted by atomic mass is 9.90. The van der Waals surface area contributed by atoms with Gasteiger partial charge in [0, 0.05) is 50.5 Å². The Kier molecular flexibility index (Phi) is 6.66. The Labute approximate surface area is 188 Å². The Hall–Kier alpha value is -2.73. The molecule has 0 saturated carbocycles. The predicted octanol–water partition coefficient (Wildman–Crippen LogP) is 3.96. The number of amides is 1. The van der Waals surface area contributed by atoms with Crippen molar-refractivity contribution in [2.45, 2.75) is 18.6 Å². The summed E-state index contributed by atoms with van der Waals surface area (Å²) in [5.41, 5.74) is 3.41. The topological polar surface area (TPSA) is 54.5 Å². The van der Waals surface area contributed by atoms with Crippen molar-refractivity contribution in [3.63, 3.8) is 0 Å². The molecule has 6 heteroatoms. The lowest BCUT2D eigenvalue weighted by Gasteiger charge is -2.41. The van der Waals surface area contributed by atoms with Gasteiger partial charge in [0.05, 0.1) is 6.61 Å². The van der Waals surface area contributed by atoms with Crippen LogP contribution in [0, 0.1) is 0 Å². The fourth-order valence-corrected chi connectivity index (χ4v) is 4.33. The molecule has 1 atom stereocenters. The fraction of sp³-hybridized carbons (Fsp3) is 0.280. The van der Waals surface area contributed by atoms with Gasteiger partial charge in [-0.1, -0.05) is 54.1 Å². The highest BCUT2D eigenvalue weighted by molar-refractivity contribution is 6.30. The predicted molar refractivity (Wildman–Crippen MR) is 123 cm³/mol. The minimum atomic E-state index is -0.929. The van der Waals surface area contributed by atoms with Gasteiger partial charge < -0.3 is 10.1 Å². The van der Waals surface area contributed by atoms with Crippen molar-refractivity contribution in [1.29, 1.82) is 0 Å². The quantitative estimate of drug-likeness (QED) is 0.636. The summed E-state index contributed by atoms with van der Waals surface area (Å²) in [4.78, 5) is 19.4. The van der Waals surface area contributed by atoms with Crippen LogP contribution in [0.1, 0.15) is 11.1 Å². The smallest absolute Gasteiger partial charge is 0.253 e. The molecule has 1 amide bonds. The first-order valence-corrected chi connectivity index (χ1v) is 10.8. The molecule has 4 rings (SSSR count). The first-order chi connectivity index (χ1) is 15.1. The average molecular weight is 436 g/mol. The van der Waals surface area contributed by atoms with Crippen LogP contribution in [0.25, 0.3) is 11.1 Å². The maximum absolute atomic E-state index is 12.9. The second-order valence-electron chi connectivity index (χ2n) is 7.88. The molecule has 31 heavy (non-hydrogen) atoms.